The van der Waals surface area contributed by atoms with Crippen LogP contribution in [0.3, 0.4) is 0 Å². The number of rotatable bonds is 3. The molecule has 0 bridgehead atoms. The van der Waals surface area contributed by atoms with Crippen molar-refractivity contribution in [3.05, 3.63) is 41.5 Å². The molecular formula is C22H25N3O5S2. The molecular weight excluding hydrogens is 450 g/mol. The van der Waals surface area contributed by atoms with E-state index in [1.807, 2.05) is 36.9 Å². The number of nitrogens with one attached hydrogen (secondary N) is 1. The van der Waals surface area contributed by atoms with E-state index >= 15 is 0 Å². The van der Waals surface area contributed by atoms with E-state index in [0.29, 0.717) is 49.2 Å². The summed E-state index contributed by atoms with van der Waals surface area (Å²) >= 11 is 1.85. The second kappa shape index (κ2) is 8.58. The predicted octanol–water partition coefficient (Wildman–Crippen LogP) is 2.93. The number of hydrogen-bond acceptors (Lipinski definition) is 7. The molecule has 2 aromatic carbocycles. The first kappa shape index (κ1) is 21.6. The van der Waals surface area contributed by atoms with E-state index in [4.69, 9.17) is 9.47 Å². The molecule has 0 aromatic heterocycles. The summed E-state index contributed by atoms with van der Waals surface area (Å²) in [7, 11) is -3.82. The standard InChI is InChI=1S/C22H25N3O5S2/c1-15-2-3-19-17(12-15)23-22(26)16-13-21(32(27,28)25-4-8-29-9-5-25)18(14-20(16)30-19)24-6-10-31-11-7-24/h2-3,12-14H,4-11H2,1H3,(H,23,26). The van der Waals surface area contributed by atoms with Gasteiger partial charge in [0, 0.05) is 43.8 Å². The maximum Gasteiger partial charge on any atom is 0.259 e. The van der Waals surface area contributed by atoms with E-state index in [1.54, 1.807) is 6.07 Å². The Kier molecular flexibility index (Phi) is 5.79. The largest absolute Gasteiger partial charge is 0.454 e. The highest BCUT2D eigenvalue weighted by atomic mass is 32.2. The van der Waals surface area contributed by atoms with Gasteiger partial charge < -0.3 is 19.7 Å². The number of carbonyl (C=O) groups excluding carboxylic acids is 1. The molecule has 0 atom stereocenters. The molecule has 0 aliphatic carbocycles. The van der Waals surface area contributed by atoms with E-state index in [9.17, 15) is 13.2 Å². The summed E-state index contributed by atoms with van der Waals surface area (Å²) in [5, 5.41) is 2.87. The quantitative estimate of drug-likeness (QED) is 0.730. The van der Waals surface area contributed by atoms with Gasteiger partial charge in [-0.2, -0.15) is 16.1 Å². The van der Waals surface area contributed by atoms with E-state index in [2.05, 4.69) is 10.2 Å². The van der Waals surface area contributed by atoms with Crippen LogP contribution >= 0.6 is 11.8 Å². The maximum atomic E-state index is 13.7. The number of aryl methyl sites for hydroxylation is 1. The lowest BCUT2D eigenvalue weighted by Gasteiger charge is -2.33. The van der Waals surface area contributed by atoms with Crippen molar-refractivity contribution >= 4 is 39.1 Å². The molecule has 2 fully saturated rings. The lowest BCUT2D eigenvalue weighted by Crippen LogP contribution is -2.42. The monoisotopic (exact) mass is 475 g/mol. The van der Waals surface area contributed by atoms with Gasteiger partial charge in [-0.05, 0) is 30.7 Å². The lowest BCUT2D eigenvalue weighted by molar-refractivity contribution is 0.0730. The molecule has 0 unspecified atom stereocenters. The molecule has 3 aliphatic rings. The summed E-state index contributed by atoms with van der Waals surface area (Å²) in [5.41, 5.74) is 2.35. The average molecular weight is 476 g/mol. The third-order valence-electron chi connectivity index (χ3n) is 5.85. The fourth-order valence-corrected chi connectivity index (χ4v) is 6.66. The second-order valence-corrected chi connectivity index (χ2v) is 11.1. The van der Waals surface area contributed by atoms with Crippen LogP contribution in [0.1, 0.15) is 15.9 Å². The SMILES string of the molecule is Cc1ccc2c(c1)NC(=O)c1cc(S(=O)(=O)N3CCOCC3)c(N3CCSCC3)cc1O2. The fraction of sp³-hybridized carbons (Fsp3) is 0.409. The molecule has 1 amide bonds. The molecule has 170 valence electrons. The maximum absolute atomic E-state index is 13.7. The van der Waals surface area contributed by atoms with Gasteiger partial charge in [0.1, 0.15) is 10.6 Å². The molecule has 0 spiro atoms. The highest BCUT2D eigenvalue weighted by Gasteiger charge is 2.34. The number of nitrogens with zero attached hydrogens (tertiary/aromatic N) is 2. The first-order chi connectivity index (χ1) is 15.4. The molecule has 0 radical (unpaired) electrons. The van der Waals surface area contributed by atoms with E-state index in [0.717, 1.165) is 30.2 Å². The Morgan fingerprint density at radius 1 is 1.00 bits per heavy atom. The Morgan fingerprint density at radius 3 is 2.50 bits per heavy atom. The van der Waals surface area contributed by atoms with Gasteiger partial charge in [0.25, 0.3) is 5.91 Å². The topological polar surface area (TPSA) is 88.2 Å². The zero-order valence-electron chi connectivity index (χ0n) is 17.8. The molecule has 3 heterocycles. The summed E-state index contributed by atoms with van der Waals surface area (Å²) in [5.74, 6) is 2.34. The van der Waals surface area contributed by atoms with E-state index in [-0.39, 0.29) is 16.4 Å². The van der Waals surface area contributed by atoms with Crippen molar-refractivity contribution in [1.82, 2.24) is 4.31 Å². The van der Waals surface area contributed by atoms with Gasteiger partial charge >= 0.3 is 0 Å². The number of fused-ring (bicyclic) bond motifs is 2. The number of hydrogen-bond donors (Lipinski definition) is 1. The molecule has 0 saturated carbocycles. The van der Waals surface area contributed by atoms with Crippen LogP contribution in [0.15, 0.2) is 35.2 Å². The Hall–Kier alpha value is -2.27. The number of sulfonamides is 1. The molecule has 32 heavy (non-hydrogen) atoms. The smallest absolute Gasteiger partial charge is 0.259 e. The van der Waals surface area contributed by atoms with Crippen LogP contribution in [0, 0.1) is 6.92 Å². The van der Waals surface area contributed by atoms with Gasteiger partial charge in [0.05, 0.1) is 30.2 Å². The van der Waals surface area contributed by atoms with E-state index < -0.39 is 10.0 Å². The van der Waals surface area contributed by atoms with Crippen LogP contribution in [0.25, 0.3) is 0 Å². The van der Waals surface area contributed by atoms with Crippen molar-refractivity contribution in [2.75, 3.05) is 61.1 Å². The Labute approximate surface area is 191 Å². The van der Waals surface area contributed by atoms with Crippen LogP contribution < -0.4 is 15.0 Å². The Balaban J connectivity index is 1.65. The molecule has 2 aromatic rings. The molecule has 2 saturated heterocycles. The number of amides is 1. The van der Waals surface area contributed by atoms with Crippen molar-refractivity contribution in [3.63, 3.8) is 0 Å². The zero-order valence-corrected chi connectivity index (χ0v) is 19.4. The molecule has 8 nitrogen and oxygen atoms in total. The number of thioether (sulfide) groups is 1. The summed E-state index contributed by atoms with van der Waals surface area (Å²) in [6.07, 6.45) is 0. The fourth-order valence-electron chi connectivity index (χ4n) is 4.13. The van der Waals surface area contributed by atoms with Crippen LogP contribution in [0.2, 0.25) is 0 Å². The second-order valence-electron chi connectivity index (χ2n) is 7.99. The van der Waals surface area contributed by atoms with Gasteiger partial charge in [-0.3, -0.25) is 4.79 Å². The van der Waals surface area contributed by atoms with Crippen molar-refractivity contribution in [1.29, 1.82) is 0 Å². The molecule has 3 aliphatic heterocycles. The van der Waals surface area contributed by atoms with Gasteiger partial charge in [-0.1, -0.05) is 6.07 Å². The third-order valence-corrected chi connectivity index (χ3v) is 8.72. The lowest BCUT2D eigenvalue weighted by atomic mass is 10.1. The minimum atomic E-state index is -3.82. The molecule has 10 heteroatoms. The van der Waals surface area contributed by atoms with Gasteiger partial charge in [0.2, 0.25) is 10.0 Å². The zero-order chi connectivity index (χ0) is 22.3. The molecule has 5 rings (SSSR count). The summed E-state index contributed by atoms with van der Waals surface area (Å²) in [6, 6.07) is 8.76. The summed E-state index contributed by atoms with van der Waals surface area (Å²) in [4.78, 5) is 15.3. The van der Waals surface area contributed by atoms with Gasteiger partial charge in [0.15, 0.2) is 5.75 Å². The Morgan fingerprint density at radius 2 is 1.75 bits per heavy atom. The number of benzene rings is 2. The van der Waals surface area contributed by atoms with Gasteiger partial charge in [-0.15, -0.1) is 0 Å². The number of carbonyl (C=O) groups is 1. The van der Waals surface area contributed by atoms with E-state index in [1.165, 1.54) is 10.4 Å². The summed E-state index contributed by atoms with van der Waals surface area (Å²) < 4.78 is 40.2. The number of morpholine rings is 1. The minimum Gasteiger partial charge on any atom is -0.454 e. The summed E-state index contributed by atoms with van der Waals surface area (Å²) in [6.45, 7) is 4.71. The van der Waals surface area contributed by atoms with Crippen molar-refractivity contribution in [3.8, 4) is 11.5 Å². The van der Waals surface area contributed by atoms with Crippen molar-refractivity contribution < 1.29 is 22.7 Å². The Bertz CT molecular complexity index is 1160. The number of ether oxygens (including phenoxy) is 2. The van der Waals surface area contributed by atoms with Crippen LogP contribution in [0.5, 0.6) is 11.5 Å². The third kappa shape index (κ3) is 3.96. The van der Waals surface area contributed by atoms with Gasteiger partial charge in [-0.25, -0.2) is 8.42 Å². The van der Waals surface area contributed by atoms with Crippen LogP contribution in [-0.2, 0) is 14.8 Å². The van der Waals surface area contributed by atoms with Crippen molar-refractivity contribution in [2.45, 2.75) is 11.8 Å². The van der Waals surface area contributed by atoms with Crippen LogP contribution in [0.4, 0.5) is 11.4 Å². The highest BCUT2D eigenvalue weighted by Crippen LogP contribution is 2.41. The number of anilines is 2. The highest BCUT2D eigenvalue weighted by molar-refractivity contribution is 7.99. The van der Waals surface area contributed by atoms with Crippen molar-refractivity contribution in [2.24, 2.45) is 0 Å². The molecule has 1 N–H and O–H groups in total. The van der Waals surface area contributed by atoms with Crippen LogP contribution in [-0.4, -0.2) is 69.5 Å². The average Bonchev–Trinajstić information content (AvgIpc) is 2.94. The normalized spacial score (nSPS) is 19.4. The minimum absolute atomic E-state index is 0.144. The first-order valence-corrected chi connectivity index (χ1v) is 13.2. The predicted molar refractivity (Wildman–Crippen MR) is 125 cm³/mol. The first-order valence-electron chi connectivity index (χ1n) is 10.6.